The third kappa shape index (κ3) is 3.53. The van der Waals surface area contributed by atoms with E-state index in [4.69, 9.17) is 10.8 Å². The van der Waals surface area contributed by atoms with Gasteiger partial charge in [-0.15, -0.1) is 0 Å². The summed E-state index contributed by atoms with van der Waals surface area (Å²) < 4.78 is 25.3. The average molecular weight is 276 g/mol. The van der Waals surface area contributed by atoms with Gasteiger partial charge in [0.1, 0.15) is 11.9 Å². The predicted octanol–water partition coefficient (Wildman–Crippen LogP) is -1.67. The van der Waals surface area contributed by atoms with Gasteiger partial charge in [0, 0.05) is 0 Å². The summed E-state index contributed by atoms with van der Waals surface area (Å²) in [6.07, 6.45) is 0.405. The van der Waals surface area contributed by atoms with Crippen molar-refractivity contribution in [3.63, 3.8) is 0 Å². The van der Waals surface area contributed by atoms with Crippen LogP contribution in [0.15, 0.2) is 11.2 Å². The van der Waals surface area contributed by atoms with Gasteiger partial charge in [-0.1, -0.05) is 0 Å². The number of aromatic amines is 1. The van der Waals surface area contributed by atoms with Crippen molar-refractivity contribution in [2.75, 3.05) is 0 Å². The summed E-state index contributed by atoms with van der Waals surface area (Å²) in [7, 11) is -4.09. The molecule has 1 heterocycles. The largest absolute Gasteiger partial charge is 0.480 e. The first kappa shape index (κ1) is 14.1. The lowest BCUT2D eigenvalue weighted by atomic mass is 10.2. The van der Waals surface area contributed by atoms with E-state index in [-0.39, 0.29) is 5.03 Å². The Morgan fingerprint density at radius 1 is 1.61 bits per heavy atom. The molecular weight excluding hydrogens is 264 g/mol. The minimum absolute atomic E-state index is 0.282. The summed E-state index contributed by atoms with van der Waals surface area (Å²) >= 11 is 0. The fourth-order valence-electron chi connectivity index (χ4n) is 1.17. The number of primary amides is 1. The topological polar surface area (TPSA) is 155 Å². The molecule has 0 fully saturated rings. The van der Waals surface area contributed by atoms with Crippen LogP contribution in [0.1, 0.15) is 12.2 Å². The van der Waals surface area contributed by atoms with Crippen LogP contribution in [0.2, 0.25) is 0 Å². The molecule has 0 aliphatic heterocycles. The van der Waals surface area contributed by atoms with E-state index >= 15 is 0 Å². The molecule has 0 spiro atoms. The molecule has 9 nitrogen and oxygen atoms in total. The SMILES string of the molecule is Cc1ncc(S(=O)(=O)N[C@H](CC(N)=O)C(=O)O)[nH]1. The second-order valence-electron chi connectivity index (χ2n) is 3.52. The van der Waals surface area contributed by atoms with Crippen LogP contribution in [-0.4, -0.2) is 41.4 Å². The van der Waals surface area contributed by atoms with Crippen molar-refractivity contribution in [3.05, 3.63) is 12.0 Å². The summed E-state index contributed by atoms with van der Waals surface area (Å²) in [6.45, 7) is 1.54. The molecule has 1 atom stereocenters. The molecule has 0 aliphatic carbocycles. The second-order valence-corrected chi connectivity index (χ2v) is 5.20. The fourth-order valence-corrected chi connectivity index (χ4v) is 2.33. The van der Waals surface area contributed by atoms with Gasteiger partial charge in [0.15, 0.2) is 5.03 Å². The number of amides is 1. The molecule has 5 N–H and O–H groups in total. The molecule has 0 bridgehead atoms. The maximum absolute atomic E-state index is 11.7. The number of aliphatic carboxylic acids is 1. The Morgan fingerprint density at radius 3 is 2.61 bits per heavy atom. The zero-order valence-corrected chi connectivity index (χ0v) is 10.2. The summed E-state index contributed by atoms with van der Waals surface area (Å²) in [4.78, 5) is 27.6. The predicted molar refractivity (Wildman–Crippen MR) is 58.9 cm³/mol. The van der Waals surface area contributed by atoms with Crippen LogP contribution < -0.4 is 10.5 Å². The zero-order chi connectivity index (χ0) is 13.9. The van der Waals surface area contributed by atoms with Crippen LogP contribution >= 0.6 is 0 Å². The van der Waals surface area contributed by atoms with Crippen LogP contribution in [0.3, 0.4) is 0 Å². The lowest BCUT2D eigenvalue weighted by Gasteiger charge is -2.11. The molecule has 10 heteroatoms. The Balaban J connectivity index is 2.93. The highest BCUT2D eigenvalue weighted by Crippen LogP contribution is 2.07. The summed E-state index contributed by atoms with van der Waals surface area (Å²) in [5.41, 5.74) is 4.84. The number of hydrogen-bond acceptors (Lipinski definition) is 5. The number of hydrogen-bond donors (Lipinski definition) is 4. The van der Waals surface area contributed by atoms with E-state index in [2.05, 4.69) is 9.97 Å². The number of rotatable bonds is 6. The molecule has 1 aromatic rings. The Hall–Kier alpha value is -1.94. The highest BCUT2D eigenvalue weighted by atomic mass is 32.2. The first-order valence-electron chi connectivity index (χ1n) is 4.77. The van der Waals surface area contributed by atoms with Crippen molar-refractivity contribution >= 4 is 21.9 Å². The van der Waals surface area contributed by atoms with Crippen LogP contribution in [0.25, 0.3) is 0 Å². The van der Waals surface area contributed by atoms with Gasteiger partial charge in [-0.3, -0.25) is 9.59 Å². The number of imidazole rings is 1. The molecule has 0 unspecified atom stereocenters. The monoisotopic (exact) mass is 276 g/mol. The van der Waals surface area contributed by atoms with Crippen LogP contribution in [0, 0.1) is 6.92 Å². The molecule has 0 saturated carbocycles. The normalized spacial score (nSPS) is 13.2. The molecule has 1 rings (SSSR count). The number of aromatic nitrogens is 2. The molecule has 100 valence electrons. The summed E-state index contributed by atoms with van der Waals surface area (Å²) in [5.74, 6) is -2.06. The van der Waals surface area contributed by atoms with Crippen LogP contribution in [-0.2, 0) is 19.6 Å². The van der Waals surface area contributed by atoms with Gasteiger partial charge in [-0.2, -0.15) is 4.72 Å². The number of nitrogens with one attached hydrogen (secondary N) is 2. The van der Waals surface area contributed by atoms with Gasteiger partial charge in [0.05, 0.1) is 12.6 Å². The lowest BCUT2D eigenvalue weighted by molar-refractivity contribution is -0.140. The Labute approximate surface area is 102 Å². The van der Waals surface area contributed by atoms with Crippen LogP contribution in [0.4, 0.5) is 0 Å². The number of carbonyl (C=O) groups is 2. The highest BCUT2D eigenvalue weighted by Gasteiger charge is 2.27. The maximum atomic E-state index is 11.7. The van der Waals surface area contributed by atoms with Crippen molar-refractivity contribution in [1.82, 2.24) is 14.7 Å². The minimum atomic E-state index is -4.09. The zero-order valence-electron chi connectivity index (χ0n) is 9.37. The maximum Gasteiger partial charge on any atom is 0.322 e. The van der Waals surface area contributed by atoms with Crippen molar-refractivity contribution in [2.45, 2.75) is 24.4 Å². The molecule has 0 saturated heterocycles. The standard InChI is InChI=1S/C8H12N4O5S/c1-4-10-3-7(11-4)18(16,17)12-5(8(14)15)2-6(9)13/h3,5,12H,2H2,1H3,(H2,9,13)(H,10,11)(H,14,15)/t5-/m1/s1. The number of H-pyrrole nitrogens is 1. The van der Waals surface area contributed by atoms with Crippen molar-refractivity contribution < 1.29 is 23.1 Å². The van der Waals surface area contributed by atoms with Gasteiger partial charge in [0.25, 0.3) is 10.0 Å². The molecule has 18 heavy (non-hydrogen) atoms. The van der Waals surface area contributed by atoms with Gasteiger partial charge in [-0.05, 0) is 6.92 Å². The van der Waals surface area contributed by atoms with Gasteiger partial charge >= 0.3 is 5.97 Å². The molecule has 1 amide bonds. The van der Waals surface area contributed by atoms with E-state index in [9.17, 15) is 18.0 Å². The first-order chi connectivity index (χ1) is 8.22. The van der Waals surface area contributed by atoms with Gasteiger partial charge in [-0.25, -0.2) is 13.4 Å². The number of nitrogens with two attached hydrogens (primary N) is 1. The molecular formula is C8H12N4O5S. The molecule has 0 aromatic carbocycles. The smallest absolute Gasteiger partial charge is 0.322 e. The van der Waals surface area contributed by atoms with Crippen LogP contribution in [0.5, 0.6) is 0 Å². The van der Waals surface area contributed by atoms with Crippen molar-refractivity contribution in [1.29, 1.82) is 0 Å². The molecule has 1 aromatic heterocycles. The second kappa shape index (κ2) is 5.14. The third-order valence-corrected chi connectivity index (χ3v) is 3.35. The number of aryl methyl sites for hydroxylation is 1. The molecule has 0 aliphatic rings. The lowest BCUT2D eigenvalue weighted by Crippen LogP contribution is -2.43. The van der Waals surface area contributed by atoms with E-state index in [1.165, 1.54) is 6.92 Å². The number of sulfonamides is 1. The number of carboxylic acid groups (broad SMARTS) is 1. The average Bonchev–Trinajstić information content (AvgIpc) is 2.63. The van der Waals surface area contributed by atoms with E-state index in [1.807, 2.05) is 4.72 Å². The minimum Gasteiger partial charge on any atom is -0.480 e. The number of nitrogens with zero attached hydrogens (tertiary/aromatic N) is 1. The van der Waals surface area contributed by atoms with Gasteiger partial charge in [0.2, 0.25) is 5.91 Å². The molecule has 0 radical (unpaired) electrons. The van der Waals surface area contributed by atoms with Crippen molar-refractivity contribution in [3.8, 4) is 0 Å². The third-order valence-electron chi connectivity index (χ3n) is 1.97. The number of carbonyl (C=O) groups excluding carboxylic acids is 1. The van der Waals surface area contributed by atoms with Crippen molar-refractivity contribution in [2.24, 2.45) is 5.73 Å². The highest BCUT2D eigenvalue weighted by molar-refractivity contribution is 7.89. The first-order valence-corrected chi connectivity index (χ1v) is 6.25. The van der Waals surface area contributed by atoms with E-state index in [1.54, 1.807) is 0 Å². The Kier molecular flexibility index (Phi) is 4.03. The number of carboxylic acids is 1. The summed E-state index contributed by atoms with van der Waals surface area (Å²) in [6, 6.07) is -1.61. The Morgan fingerprint density at radius 2 is 2.22 bits per heavy atom. The van der Waals surface area contributed by atoms with E-state index in [0.29, 0.717) is 5.82 Å². The van der Waals surface area contributed by atoms with E-state index < -0.39 is 34.4 Å². The quantitative estimate of drug-likeness (QED) is 0.486. The fraction of sp³-hybridized carbons (Fsp3) is 0.375. The van der Waals surface area contributed by atoms with Gasteiger partial charge < -0.3 is 15.8 Å². The Bertz CT molecular complexity index is 564. The summed E-state index contributed by atoms with van der Waals surface area (Å²) in [5, 5.41) is 8.50. The van der Waals surface area contributed by atoms with E-state index in [0.717, 1.165) is 6.20 Å².